The molecule has 1 aromatic heterocycles. The van der Waals surface area contributed by atoms with E-state index in [0.29, 0.717) is 58.7 Å². The van der Waals surface area contributed by atoms with Crippen LogP contribution in [0.15, 0.2) is 40.9 Å². The Balaban J connectivity index is 1.47. The molecule has 8 nitrogen and oxygen atoms in total. The highest BCUT2D eigenvalue weighted by Gasteiger charge is 2.38. The highest BCUT2D eigenvalue weighted by Crippen LogP contribution is 2.38. The van der Waals surface area contributed by atoms with Gasteiger partial charge in [-0.1, -0.05) is 40.5 Å². The molecule has 10 heteroatoms. The molecule has 190 valence electrons. The van der Waals surface area contributed by atoms with Crippen LogP contribution in [0, 0.1) is 6.92 Å². The average molecular weight is 533 g/mol. The summed E-state index contributed by atoms with van der Waals surface area (Å²) in [6.45, 7) is 2.22. The number of hydrogen-bond acceptors (Lipinski definition) is 7. The van der Waals surface area contributed by atoms with Gasteiger partial charge in [0.2, 0.25) is 0 Å². The first-order chi connectivity index (χ1) is 17.3. The third-order valence-electron chi connectivity index (χ3n) is 6.14. The van der Waals surface area contributed by atoms with Crippen molar-refractivity contribution in [1.82, 2.24) is 10.1 Å². The van der Waals surface area contributed by atoms with Crippen molar-refractivity contribution < 1.29 is 28.3 Å². The van der Waals surface area contributed by atoms with E-state index in [0.717, 1.165) is 5.56 Å². The molecule has 1 aliphatic heterocycles. The van der Waals surface area contributed by atoms with Crippen LogP contribution in [0.2, 0.25) is 10.0 Å². The van der Waals surface area contributed by atoms with Gasteiger partial charge in [0, 0.05) is 18.5 Å². The van der Waals surface area contributed by atoms with E-state index in [1.54, 1.807) is 45.4 Å². The maximum absolute atomic E-state index is 13.6. The SMILES string of the molecule is COc1ccc(CCOC(=O)[C@@H]2CCCN2C(=O)c2c(-c3c(Cl)cccc3Cl)noc2C)cc1OC. The lowest BCUT2D eigenvalue weighted by molar-refractivity contribution is -0.148. The number of aromatic nitrogens is 1. The zero-order chi connectivity index (χ0) is 25.8. The summed E-state index contributed by atoms with van der Waals surface area (Å²) in [4.78, 5) is 28.0. The van der Waals surface area contributed by atoms with Gasteiger partial charge in [0.15, 0.2) is 11.5 Å². The zero-order valence-corrected chi connectivity index (χ0v) is 21.7. The molecule has 1 amide bonds. The summed E-state index contributed by atoms with van der Waals surface area (Å²) >= 11 is 12.7. The van der Waals surface area contributed by atoms with Gasteiger partial charge in [-0.25, -0.2) is 4.79 Å². The maximum Gasteiger partial charge on any atom is 0.328 e. The van der Waals surface area contributed by atoms with Gasteiger partial charge < -0.3 is 23.6 Å². The van der Waals surface area contributed by atoms with Crippen molar-refractivity contribution in [3.8, 4) is 22.8 Å². The molecule has 1 saturated heterocycles. The van der Waals surface area contributed by atoms with E-state index in [4.69, 9.17) is 41.9 Å². The number of nitrogens with zero attached hydrogens (tertiary/aromatic N) is 2. The van der Waals surface area contributed by atoms with Crippen LogP contribution in [0.25, 0.3) is 11.3 Å². The molecule has 1 aliphatic rings. The van der Waals surface area contributed by atoms with Crippen LogP contribution < -0.4 is 9.47 Å². The van der Waals surface area contributed by atoms with Crippen LogP contribution >= 0.6 is 23.2 Å². The van der Waals surface area contributed by atoms with Crippen molar-refractivity contribution in [3.63, 3.8) is 0 Å². The predicted molar refractivity (Wildman–Crippen MR) is 135 cm³/mol. The van der Waals surface area contributed by atoms with Gasteiger partial charge in [-0.05, 0) is 49.6 Å². The molecule has 36 heavy (non-hydrogen) atoms. The average Bonchev–Trinajstić information content (AvgIpc) is 3.51. The first kappa shape index (κ1) is 25.9. The summed E-state index contributed by atoms with van der Waals surface area (Å²) in [5.41, 5.74) is 1.83. The van der Waals surface area contributed by atoms with Crippen LogP contribution in [-0.4, -0.2) is 55.3 Å². The summed E-state index contributed by atoms with van der Waals surface area (Å²) in [7, 11) is 3.14. The second-order valence-corrected chi connectivity index (χ2v) is 9.14. The summed E-state index contributed by atoms with van der Waals surface area (Å²) in [5.74, 6) is 0.720. The fourth-order valence-electron chi connectivity index (χ4n) is 4.32. The highest BCUT2D eigenvalue weighted by molar-refractivity contribution is 6.39. The van der Waals surface area contributed by atoms with Gasteiger partial charge in [-0.15, -0.1) is 0 Å². The molecule has 3 aromatic rings. The fourth-order valence-corrected chi connectivity index (χ4v) is 4.90. The molecule has 0 radical (unpaired) electrons. The van der Waals surface area contributed by atoms with Crippen LogP contribution in [0.3, 0.4) is 0 Å². The monoisotopic (exact) mass is 532 g/mol. The fraction of sp³-hybridized carbons (Fsp3) is 0.346. The first-order valence-corrected chi connectivity index (χ1v) is 12.2. The molecular weight excluding hydrogens is 507 g/mol. The van der Waals surface area contributed by atoms with Gasteiger partial charge in [0.05, 0.1) is 30.9 Å². The molecule has 1 fully saturated rings. The molecule has 0 spiro atoms. The quantitative estimate of drug-likeness (QED) is 0.360. The van der Waals surface area contributed by atoms with Crippen LogP contribution in [0.4, 0.5) is 0 Å². The number of methoxy groups -OCH3 is 2. The van der Waals surface area contributed by atoms with E-state index in [-0.39, 0.29) is 23.8 Å². The number of ether oxygens (including phenoxy) is 3. The minimum atomic E-state index is -0.702. The van der Waals surface area contributed by atoms with Gasteiger partial charge in [0.25, 0.3) is 5.91 Å². The van der Waals surface area contributed by atoms with Gasteiger partial charge >= 0.3 is 5.97 Å². The minimum Gasteiger partial charge on any atom is -0.493 e. The summed E-state index contributed by atoms with van der Waals surface area (Å²) in [6.07, 6.45) is 1.67. The van der Waals surface area contributed by atoms with E-state index in [1.165, 1.54) is 4.90 Å². The Hall–Kier alpha value is -3.23. The molecule has 2 aromatic carbocycles. The molecule has 0 aliphatic carbocycles. The van der Waals surface area contributed by atoms with Crippen LogP contribution in [0.1, 0.15) is 34.5 Å². The van der Waals surface area contributed by atoms with E-state index < -0.39 is 12.0 Å². The number of amides is 1. The summed E-state index contributed by atoms with van der Waals surface area (Å²) < 4.78 is 21.5. The van der Waals surface area contributed by atoms with E-state index >= 15 is 0 Å². The van der Waals surface area contributed by atoms with E-state index in [1.807, 2.05) is 12.1 Å². The summed E-state index contributed by atoms with van der Waals surface area (Å²) in [6, 6.07) is 9.86. The number of rotatable bonds is 8. The van der Waals surface area contributed by atoms with Gasteiger partial charge in [-0.3, -0.25) is 4.79 Å². The Morgan fingerprint density at radius 1 is 1.11 bits per heavy atom. The predicted octanol–water partition coefficient (Wildman–Crippen LogP) is 5.36. The Morgan fingerprint density at radius 2 is 1.83 bits per heavy atom. The molecule has 0 bridgehead atoms. The molecule has 0 unspecified atom stereocenters. The third-order valence-corrected chi connectivity index (χ3v) is 6.77. The van der Waals surface area contributed by atoms with Crippen molar-refractivity contribution >= 4 is 35.1 Å². The minimum absolute atomic E-state index is 0.166. The molecular formula is C26H26Cl2N2O6. The molecule has 4 rings (SSSR count). The highest BCUT2D eigenvalue weighted by atomic mass is 35.5. The van der Waals surface area contributed by atoms with E-state index in [2.05, 4.69) is 5.16 Å². The van der Waals surface area contributed by atoms with Crippen molar-refractivity contribution in [1.29, 1.82) is 0 Å². The van der Waals surface area contributed by atoms with Crippen molar-refractivity contribution in [3.05, 3.63) is 63.3 Å². The summed E-state index contributed by atoms with van der Waals surface area (Å²) in [5, 5.41) is 4.74. The standard InChI is InChI=1S/C26H26Cl2N2O6/c1-15-22(24(29-36-15)23-17(27)6-4-7-18(23)28)25(31)30-12-5-8-19(30)26(32)35-13-11-16-9-10-20(33-2)21(14-16)34-3/h4,6-7,9-10,14,19H,5,8,11-13H2,1-3H3/t19-/m0/s1. The van der Waals surface area contributed by atoms with Crippen molar-refractivity contribution in [2.45, 2.75) is 32.2 Å². The second kappa shape index (κ2) is 11.2. The molecule has 0 N–H and O–H groups in total. The normalized spacial score (nSPS) is 15.1. The topological polar surface area (TPSA) is 91.1 Å². The lowest BCUT2D eigenvalue weighted by Gasteiger charge is -2.23. The number of hydrogen-bond donors (Lipinski definition) is 0. The van der Waals surface area contributed by atoms with Crippen LogP contribution in [0.5, 0.6) is 11.5 Å². The van der Waals surface area contributed by atoms with Gasteiger partial charge in [-0.2, -0.15) is 0 Å². The number of carbonyl (C=O) groups excluding carboxylic acids is 2. The Bertz CT molecular complexity index is 1260. The number of likely N-dealkylation sites (tertiary alicyclic amines) is 1. The first-order valence-electron chi connectivity index (χ1n) is 11.4. The maximum atomic E-state index is 13.6. The Kier molecular flexibility index (Phi) is 8.06. The molecule has 0 saturated carbocycles. The van der Waals surface area contributed by atoms with Gasteiger partial charge in [0.1, 0.15) is 23.1 Å². The Labute approximate surface area is 219 Å². The lowest BCUT2D eigenvalue weighted by atomic mass is 10.0. The smallest absolute Gasteiger partial charge is 0.328 e. The molecule has 1 atom stereocenters. The number of aryl methyl sites for hydroxylation is 1. The van der Waals surface area contributed by atoms with Crippen molar-refractivity contribution in [2.24, 2.45) is 0 Å². The second-order valence-electron chi connectivity index (χ2n) is 8.32. The number of esters is 1. The zero-order valence-electron chi connectivity index (χ0n) is 20.2. The van der Waals surface area contributed by atoms with Crippen molar-refractivity contribution in [2.75, 3.05) is 27.4 Å². The number of halogens is 2. The Morgan fingerprint density at radius 3 is 2.53 bits per heavy atom. The molecule has 2 heterocycles. The largest absolute Gasteiger partial charge is 0.493 e. The van der Waals surface area contributed by atoms with Crippen LogP contribution in [-0.2, 0) is 16.0 Å². The van der Waals surface area contributed by atoms with E-state index in [9.17, 15) is 9.59 Å². The number of benzene rings is 2. The lowest BCUT2D eigenvalue weighted by Crippen LogP contribution is -2.41. The third kappa shape index (κ3) is 5.15. The number of carbonyl (C=O) groups is 2.